The van der Waals surface area contributed by atoms with Gasteiger partial charge in [-0.2, -0.15) is 0 Å². The maximum absolute atomic E-state index is 11.8. The third kappa shape index (κ3) is 2.45. The molecule has 0 aliphatic carbocycles. The quantitative estimate of drug-likeness (QED) is 0.931. The number of carbonyl (C=O) groups is 1. The fourth-order valence-corrected chi connectivity index (χ4v) is 2.82. The number of carboxylic acids is 1. The third-order valence-corrected chi connectivity index (χ3v) is 4.34. The van der Waals surface area contributed by atoms with Gasteiger partial charge < -0.3 is 5.11 Å². The molecule has 1 aromatic rings. The Morgan fingerprint density at radius 2 is 1.78 bits per heavy atom. The number of likely N-dealkylation sites (tertiary alicyclic amines) is 1. The summed E-state index contributed by atoms with van der Waals surface area (Å²) in [7, 11) is 0. The first kappa shape index (κ1) is 13.6. The lowest BCUT2D eigenvalue weighted by atomic mass is 9.88. The Labute approximate surface area is 116 Å². The highest BCUT2D eigenvalue weighted by Gasteiger charge is 2.41. The van der Waals surface area contributed by atoms with Gasteiger partial charge in [0.05, 0.1) is 0 Å². The molecule has 1 fully saturated rings. The number of hydrogen-bond acceptors (Lipinski definition) is 2. The molecule has 1 saturated heterocycles. The fourth-order valence-electron chi connectivity index (χ4n) is 2.56. The van der Waals surface area contributed by atoms with Crippen molar-refractivity contribution in [2.75, 3.05) is 13.1 Å². The molecule has 1 N–H and O–H groups in total. The molecule has 0 bridgehead atoms. The van der Waals surface area contributed by atoms with E-state index in [1.807, 2.05) is 31.2 Å². The van der Waals surface area contributed by atoms with Crippen molar-refractivity contribution in [1.29, 1.82) is 0 Å². The fraction of sp³-hybridized carbons (Fsp3) is 0.500. The zero-order valence-electron chi connectivity index (χ0n) is 10.5. The second kappa shape index (κ2) is 5.41. The first-order valence-corrected chi connectivity index (χ1v) is 7.09. The van der Waals surface area contributed by atoms with Gasteiger partial charge in [0.1, 0.15) is 5.54 Å². The highest BCUT2D eigenvalue weighted by molar-refractivity contribution is 9.10. The van der Waals surface area contributed by atoms with Crippen LogP contribution in [0.4, 0.5) is 0 Å². The molecular formula is C14H18BrNO2. The lowest BCUT2D eigenvalue weighted by Gasteiger charge is -2.40. The van der Waals surface area contributed by atoms with Crippen LogP contribution in [0.3, 0.4) is 0 Å². The molecule has 1 heterocycles. The van der Waals surface area contributed by atoms with Crippen LogP contribution in [0.1, 0.15) is 31.7 Å². The average Bonchev–Trinajstić information content (AvgIpc) is 2.39. The molecule has 0 spiro atoms. The van der Waals surface area contributed by atoms with Crippen molar-refractivity contribution in [2.24, 2.45) is 0 Å². The van der Waals surface area contributed by atoms with Gasteiger partial charge in [0.25, 0.3) is 0 Å². The Hall–Kier alpha value is -0.870. The summed E-state index contributed by atoms with van der Waals surface area (Å²) in [6.45, 7) is 3.53. The van der Waals surface area contributed by atoms with Crippen LogP contribution in [0.25, 0.3) is 0 Å². The summed E-state index contributed by atoms with van der Waals surface area (Å²) in [4.78, 5) is 13.8. The van der Waals surface area contributed by atoms with Crippen LogP contribution in [-0.4, -0.2) is 29.1 Å². The first-order valence-electron chi connectivity index (χ1n) is 6.29. The van der Waals surface area contributed by atoms with Crippen LogP contribution in [0, 0.1) is 0 Å². The van der Waals surface area contributed by atoms with Gasteiger partial charge >= 0.3 is 5.97 Å². The monoisotopic (exact) mass is 311 g/mol. The Balaban J connectivity index is 2.36. The molecule has 0 saturated carbocycles. The number of hydrogen-bond donors (Lipinski definition) is 1. The highest BCUT2D eigenvalue weighted by atomic mass is 79.9. The number of rotatable bonds is 3. The van der Waals surface area contributed by atoms with E-state index in [-0.39, 0.29) is 0 Å². The summed E-state index contributed by atoms with van der Waals surface area (Å²) in [6, 6.07) is 7.60. The molecule has 18 heavy (non-hydrogen) atoms. The molecule has 0 aromatic heterocycles. The molecule has 1 aromatic carbocycles. The summed E-state index contributed by atoms with van der Waals surface area (Å²) in [6.07, 6.45) is 3.37. The number of piperidine rings is 1. The van der Waals surface area contributed by atoms with E-state index >= 15 is 0 Å². The summed E-state index contributed by atoms with van der Waals surface area (Å²) < 4.78 is 0.970. The van der Waals surface area contributed by atoms with Gasteiger partial charge in [0.2, 0.25) is 0 Å². The molecule has 1 atom stereocenters. The highest BCUT2D eigenvalue weighted by Crippen LogP contribution is 2.32. The zero-order valence-corrected chi connectivity index (χ0v) is 12.1. The van der Waals surface area contributed by atoms with E-state index in [9.17, 15) is 9.90 Å². The summed E-state index contributed by atoms with van der Waals surface area (Å²) in [5.74, 6) is -0.772. The van der Waals surface area contributed by atoms with E-state index < -0.39 is 11.5 Å². The second-order valence-electron chi connectivity index (χ2n) is 4.93. The predicted octanol–water partition coefficient (Wildman–Crippen LogP) is 3.23. The van der Waals surface area contributed by atoms with Crippen molar-refractivity contribution < 1.29 is 9.90 Å². The smallest absolute Gasteiger partial charge is 0.328 e. The number of aliphatic carboxylic acids is 1. The number of halogens is 1. The van der Waals surface area contributed by atoms with Crippen LogP contribution in [0.5, 0.6) is 0 Å². The van der Waals surface area contributed by atoms with E-state index in [0.717, 1.165) is 36.0 Å². The Bertz CT molecular complexity index is 426. The standard InChI is InChI=1S/C14H18BrNO2/c1-14(13(17)18,16-9-3-2-4-10-16)11-5-7-12(15)8-6-11/h5-8H,2-4,9-10H2,1H3,(H,17,18)/t14-/m1/s1. The SMILES string of the molecule is C[C@](C(=O)O)(c1ccc(Br)cc1)N1CCCCC1. The molecule has 2 rings (SSSR count). The van der Waals surface area contributed by atoms with E-state index in [2.05, 4.69) is 20.8 Å². The van der Waals surface area contributed by atoms with Gasteiger partial charge in [0.15, 0.2) is 0 Å². The number of benzene rings is 1. The van der Waals surface area contributed by atoms with Crippen molar-refractivity contribution in [3.8, 4) is 0 Å². The number of carboxylic acid groups (broad SMARTS) is 1. The normalized spacial score (nSPS) is 20.3. The summed E-state index contributed by atoms with van der Waals surface area (Å²) in [5.41, 5.74) is -0.0682. The van der Waals surface area contributed by atoms with Gasteiger partial charge in [0, 0.05) is 4.47 Å². The minimum atomic E-state index is -0.916. The minimum absolute atomic E-state index is 0.772. The lowest BCUT2D eigenvalue weighted by molar-refractivity contribution is -0.152. The third-order valence-electron chi connectivity index (χ3n) is 3.81. The largest absolute Gasteiger partial charge is 0.480 e. The van der Waals surface area contributed by atoms with Crippen LogP contribution in [0.2, 0.25) is 0 Å². The van der Waals surface area contributed by atoms with E-state index in [1.54, 1.807) is 0 Å². The first-order chi connectivity index (χ1) is 8.55. The van der Waals surface area contributed by atoms with E-state index in [0.29, 0.717) is 0 Å². The van der Waals surface area contributed by atoms with Gasteiger partial charge in [-0.05, 0) is 50.6 Å². The maximum atomic E-state index is 11.8. The van der Waals surface area contributed by atoms with Crippen molar-refractivity contribution in [3.63, 3.8) is 0 Å². The molecule has 4 heteroatoms. The van der Waals surface area contributed by atoms with E-state index in [1.165, 1.54) is 6.42 Å². The maximum Gasteiger partial charge on any atom is 0.328 e. The zero-order chi connectivity index (χ0) is 13.2. The van der Waals surface area contributed by atoms with Gasteiger partial charge in [-0.15, -0.1) is 0 Å². The van der Waals surface area contributed by atoms with Crippen molar-refractivity contribution in [3.05, 3.63) is 34.3 Å². The van der Waals surface area contributed by atoms with Gasteiger partial charge in [-0.25, -0.2) is 4.79 Å². The van der Waals surface area contributed by atoms with Crippen LogP contribution < -0.4 is 0 Å². The van der Waals surface area contributed by atoms with E-state index in [4.69, 9.17) is 0 Å². The molecule has 98 valence electrons. The lowest BCUT2D eigenvalue weighted by Crippen LogP contribution is -2.51. The Morgan fingerprint density at radius 1 is 1.22 bits per heavy atom. The predicted molar refractivity (Wildman–Crippen MR) is 74.6 cm³/mol. The molecule has 0 amide bonds. The topological polar surface area (TPSA) is 40.5 Å². The van der Waals surface area contributed by atoms with Crippen LogP contribution in [-0.2, 0) is 10.3 Å². The molecule has 0 unspecified atom stereocenters. The molecule has 1 aliphatic rings. The van der Waals surface area contributed by atoms with Crippen molar-refractivity contribution in [2.45, 2.75) is 31.7 Å². The van der Waals surface area contributed by atoms with Crippen LogP contribution >= 0.6 is 15.9 Å². The van der Waals surface area contributed by atoms with Gasteiger partial charge in [-0.1, -0.05) is 34.5 Å². The Morgan fingerprint density at radius 3 is 2.28 bits per heavy atom. The average molecular weight is 312 g/mol. The molecule has 3 nitrogen and oxygen atoms in total. The van der Waals surface area contributed by atoms with Crippen molar-refractivity contribution >= 4 is 21.9 Å². The van der Waals surface area contributed by atoms with Crippen molar-refractivity contribution in [1.82, 2.24) is 4.90 Å². The second-order valence-corrected chi connectivity index (χ2v) is 5.85. The molecule has 1 aliphatic heterocycles. The minimum Gasteiger partial charge on any atom is -0.480 e. The van der Waals surface area contributed by atoms with Gasteiger partial charge in [-0.3, -0.25) is 4.90 Å². The Kier molecular flexibility index (Phi) is 4.07. The molecular weight excluding hydrogens is 294 g/mol. The van der Waals surface area contributed by atoms with Crippen LogP contribution in [0.15, 0.2) is 28.7 Å². The number of nitrogens with zero attached hydrogens (tertiary/aromatic N) is 1. The summed E-state index contributed by atoms with van der Waals surface area (Å²) >= 11 is 3.38. The molecule has 0 radical (unpaired) electrons. The summed E-state index contributed by atoms with van der Waals surface area (Å²) in [5, 5.41) is 9.65.